The third-order valence-corrected chi connectivity index (χ3v) is 6.13. The van der Waals surface area contributed by atoms with E-state index in [1.54, 1.807) is 0 Å². The molecule has 7 nitrogen and oxygen atoms in total. The molecule has 1 atom stereocenters. The normalized spacial score (nSPS) is 16.1. The van der Waals surface area contributed by atoms with Gasteiger partial charge in [-0.2, -0.15) is 0 Å². The molecule has 146 valence electrons. The lowest BCUT2D eigenvalue weighted by molar-refractivity contribution is -0.137. The highest BCUT2D eigenvalue weighted by molar-refractivity contribution is 7.92. The summed E-state index contributed by atoms with van der Waals surface area (Å²) in [5.41, 5.74) is 3.08. The molecule has 27 heavy (non-hydrogen) atoms. The Balaban J connectivity index is 1.58. The van der Waals surface area contributed by atoms with Crippen LogP contribution in [0.4, 0.5) is 5.13 Å². The van der Waals surface area contributed by atoms with Gasteiger partial charge in [-0.1, -0.05) is 6.07 Å². The van der Waals surface area contributed by atoms with Crippen molar-refractivity contribution in [1.29, 1.82) is 0 Å². The van der Waals surface area contributed by atoms with Crippen molar-refractivity contribution < 1.29 is 23.1 Å². The molecule has 3 rings (SSSR count). The molecule has 2 N–H and O–H groups in total. The second kappa shape index (κ2) is 7.85. The van der Waals surface area contributed by atoms with Gasteiger partial charge in [0.05, 0.1) is 25.0 Å². The lowest BCUT2D eigenvalue weighted by Gasteiger charge is -2.10. The third-order valence-electron chi connectivity index (χ3n) is 4.51. The Morgan fingerprint density at radius 1 is 1.44 bits per heavy atom. The van der Waals surface area contributed by atoms with Gasteiger partial charge in [0.1, 0.15) is 5.75 Å². The number of carboxylic acid groups (broad SMARTS) is 1. The Morgan fingerprint density at radius 3 is 2.93 bits per heavy atom. The van der Waals surface area contributed by atoms with Gasteiger partial charge in [0.15, 0.2) is 5.13 Å². The summed E-state index contributed by atoms with van der Waals surface area (Å²) in [4.78, 5) is 16.2. The number of thiazole rings is 1. The second-order valence-corrected chi connectivity index (χ2v) is 9.64. The first-order valence-electron chi connectivity index (χ1n) is 8.63. The van der Waals surface area contributed by atoms with Crippen molar-refractivity contribution in [1.82, 2.24) is 4.98 Å². The maximum Gasteiger partial charge on any atom is 0.303 e. The number of benzene rings is 1. The minimum absolute atomic E-state index is 0.0879. The summed E-state index contributed by atoms with van der Waals surface area (Å²) < 4.78 is 30.8. The molecule has 0 saturated carbocycles. The lowest BCUT2D eigenvalue weighted by Crippen LogP contribution is -2.09. The van der Waals surface area contributed by atoms with Crippen LogP contribution in [0.1, 0.15) is 40.5 Å². The van der Waals surface area contributed by atoms with E-state index in [1.165, 1.54) is 11.3 Å². The summed E-state index contributed by atoms with van der Waals surface area (Å²) in [5.74, 6) is 0.0774. The van der Waals surface area contributed by atoms with Crippen LogP contribution in [0.15, 0.2) is 18.2 Å². The number of carboxylic acids is 1. The number of nitrogens with zero attached hydrogens (tertiary/aromatic N) is 1. The van der Waals surface area contributed by atoms with E-state index in [1.807, 2.05) is 25.1 Å². The maximum absolute atomic E-state index is 11.3. The largest absolute Gasteiger partial charge is 0.493 e. The van der Waals surface area contributed by atoms with Crippen molar-refractivity contribution in [3.05, 3.63) is 39.9 Å². The molecule has 1 aliphatic rings. The number of aliphatic carboxylic acids is 1. The topological polar surface area (TPSA) is 106 Å². The first-order chi connectivity index (χ1) is 12.7. The van der Waals surface area contributed by atoms with Crippen LogP contribution in [0, 0.1) is 6.92 Å². The molecule has 0 aliphatic heterocycles. The summed E-state index contributed by atoms with van der Waals surface area (Å²) in [6.45, 7) is 2.33. The number of fused-ring (bicyclic) bond motifs is 1. The number of nitrogens with one attached hydrogen (secondary N) is 1. The summed E-state index contributed by atoms with van der Waals surface area (Å²) in [6, 6.07) is 5.83. The van der Waals surface area contributed by atoms with Crippen LogP contribution >= 0.6 is 11.3 Å². The Bertz CT molecular complexity index is 953. The average molecular weight is 411 g/mol. The van der Waals surface area contributed by atoms with Gasteiger partial charge >= 0.3 is 5.97 Å². The Kier molecular flexibility index (Phi) is 5.71. The molecular formula is C18H22N2O5S2. The zero-order valence-electron chi connectivity index (χ0n) is 15.2. The van der Waals surface area contributed by atoms with Crippen LogP contribution < -0.4 is 9.46 Å². The van der Waals surface area contributed by atoms with Crippen molar-refractivity contribution in [3.8, 4) is 5.75 Å². The number of hydrogen-bond donors (Lipinski definition) is 2. The van der Waals surface area contributed by atoms with E-state index >= 15 is 0 Å². The SMILES string of the molecule is Cc1sc(NS(C)(=O)=O)nc1CCOc1ccc2c(c1)CC[C@H]2CC(=O)O. The van der Waals surface area contributed by atoms with E-state index in [-0.39, 0.29) is 12.3 Å². The summed E-state index contributed by atoms with van der Waals surface area (Å²) >= 11 is 1.30. The molecule has 0 saturated heterocycles. The number of aryl methyl sites for hydroxylation is 2. The fourth-order valence-corrected chi connectivity index (χ4v) is 5.02. The molecular weight excluding hydrogens is 388 g/mol. The highest BCUT2D eigenvalue weighted by Gasteiger charge is 2.24. The van der Waals surface area contributed by atoms with Crippen LogP contribution in [-0.4, -0.2) is 37.3 Å². The molecule has 0 radical (unpaired) electrons. The first-order valence-corrected chi connectivity index (χ1v) is 11.3. The molecule has 0 amide bonds. The molecule has 1 aromatic carbocycles. The van der Waals surface area contributed by atoms with E-state index in [9.17, 15) is 13.2 Å². The number of rotatable bonds is 8. The number of aromatic nitrogens is 1. The quantitative estimate of drug-likeness (QED) is 0.693. The lowest BCUT2D eigenvalue weighted by atomic mass is 9.98. The minimum Gasteiger partial charge on any atom is -0.493 e. The smallest absolute Gasteiger partial charge is 0.303 e. The minimum atomic E-state index is -3.33. The van der Waals surface area contributed by atoms with Gasteiger partial charge in [-0.25, -0.2) is 13.4 Å². The van der Waals surface area contributed by atoms with Gasteiger partial charge in [-0.05, 0) is 48.9 Å². The van der Waals surface area contributed by atoms with Gasteiger partial charge in [-0.15, -0.1) is 11.3 Å². The van der Waals surface area contributed by atoms with Crippen LogP contribution in [0.5, 0.6) is 5.75 Å². The first kappa shape index (κ1) is 19.6. The van der Waals surface area contributed by atoms with E-state index in [0.29, 0.717) is 18.2 Å². The Labute approximate surface area is 162 Å². The highest BCUT2D eigenvalue weighted by atomic mass is 32.2. The highest BCUT2D eigenvalue weighted by Crippen LogP contribution is 2.37. The summed E-state index contributed by atoms with van der Waals surface area (Å²) in [5, 5.41) is 9.36. The molecule has 9 heteroatoms. The van der Waals surface area contributed by atoms with Crippen molar-refractivity contribution >= 4 is 32.5 Å². The average Bonchev–Trinajstić information content (AvgIpc) is 3.09. The molecule has 0 spiro atoms. The number of carbonyl (C=O) groups is 1. The van der Waals surface area contributed by atoms with Gasteiger partial charge in [0.25, 0.3) is 0 Å². The molecule has 1 aliphatic carbocycles. The zero-order chi connectivity index (χ0) is 19.6. The van der Waals surface area contributed by atoms with Gasteiger partial charge < -0.3 is 9.84 Å². The Morgan fingerprint density at radius 2 is 2.22 bits per heavy atom. The van der Waals surface area contributed by atoms with Crippen LogP contribution in [-0.2, 0) is 27.7 Å². The number of sulfonamides is 1. The van der Waals surface area contributed by atoms with E-state index < -0.39 is 16.0 Å². The van der Waals surface area contributed by atoms with Crippen LogP contribution in [0.25, 0.3) is 0 Å². The fourth-order valence-electron chi connectivity index (χ4n) is 3.32. The van der Waals surface area contributed by atoms with Crippen LogP contribution in [0.2, 0.25) is 0 Å². The summed E-state index contributed by atoms with van der Waals surface area (Å²) in [6.07, 6.45) is 3.57. The molecule has 1 aromatic heterocycles. The summed E-state index contributed by atoms with van der Waals surface area (Å²) in [7, 11) is -3.33. The zero-order valence-corrected chi connectivity index (χ0v) is 16.8. The standard InChI is InChI=1S/C18H22N2O5S2/c1-11-16(19-18(26-11)20-27(2,23)24)7-8-25-14-5-6-15-12(9-14)3-4-13(15)10-17(21)22/h5-6,9,13H,3-4,7-8,10H2,1-2H3,(H,19,20)(H,21,22)/t13-/m0/s1. The number of anilines is 1. The molecule has 2 aromatic rings. The molecule has 0 fully saturated rings. The van der Waals surface area contributed by atoms with Crippen LogP contribution in [0.3, 0.4) is 0 Å². The van der Waals surface area contributed by atoms with Gasteiger partial charge in [0.2, 0.25) is 10.0 Å². The molecule has 0 unspecified atom stereocenters. The monoisotopic (exact) mass is 410 g/mol. The van der Waals surface area contributed by atoms with E-state index in [0.717, 1.165) is 46.5 Å². The van der Waals surface area contributed by atoms with E-state index in [2.05, 4.69) is 9.71 Å². The Hall–Kier alpha value is -2.13. The van der Waals surface area contributed by atoms with E-state index in [4.69, 9.17) is 9.84 Å². The predicted octanol–water partition coefficient (Wildman–Crippen LogP) is 2.95. The fraction of sp³-hybridized carbons (Fsp3) is 0.444. The molecule has 0 bridgehead atoms. The van der Waals surface area contributed by atoms with Gasteiger partial charge in [-0.3, -0.25) is 9.52 Å². The maximum atomic E-state index is 11.3. The molecule has 1 heterocycles. The van der Waals surface area contributed by atoms with Crippen molar-refractivity contribution in [2.45, 2.75) is 38.5 Å². The third kappa shape index (κ3) is 5.20. The number of ether oxygens (including phenoxy) is 1. The van der Waals surface area contributed by atoms with Gasteiger partial charge in [0, 0.05) is 11.3 Å². The van der Waals surface area contributed by atoms with Crippen molar-refractivity contribution in [2.24, 2.45) is 0 Å². The second-order valence-electron chi connectivity index (χ2n) is 6.69. The number of hydrogen-bond acceptors (Lipinski definition) is 6. The van der Waals surface area contributed by atoms with Crippen molar-refractivity contribution in [3.63, 3.8) is 0 Å². The van der Waals surface area contributed by atoms with Crippen molar-refractivity contribution in [2.75, 3.05) is 17.6 Å². The predicted molar refractivity (Wildman–Crippen MR) is 104 cm³/mol.